The first-order chi connectivity index (χ1) is 7.66. The van der Waals surface area contributed by atoms with Crippen molar-refractivity contribution in [3.63, 3.8) is 0 Å². The fraction of sp³-hybridized carbons (Fsp3) is 0.636. The molecule has 1 N–H and O–H groups in total. The number of nitrogens with zero attached hydrogens (tertiary/aromatic N) is 1. The molecule has 1 aliphatic carbocycles. The third-order valence-electron chi connectivity index (χ3n) is 3.09. The minimum Gasteiger partial charge on any atom is -0.446 e. The Morgan fingerprint density at radius 2 is 2.44 bits per heavy atom. The van der Waals surface area contributed by atoms with Gasteiger partial charge >= 0.3 is 6.09 Å². The third kappa shape index (κ3) is 2.35. The molecule has 88 valence electrons. The van der Waals surface area contributed by atoms with E-state index in [9.17, 15) is 4.79 Å². The van der Waals surface area contributed by atoms with Gasteiger partial charge in [-0.15, -0.1) is 0 Å². The molecule has 0 bridgehead atoms. The fourth-order valence-corrected chi connectivity index (χ4v) is 1.73. The highest BCUT2D eigenvalue weighted by Gasteiger charge is 2.26. The van der Waals surface area contributed by atoms with Gasteiger partial charge in [0.05, 0.1) is 0 Å². The lowest BCUT2D eigenvalue weighted by atomic mass is 9.82. The average molecular weight is 224 g/mol. The summed E-state index contributed by atoms with van der Waals surface area (Å²) in [5.41, 5.74) is 1.21. The molecule has 1 amide bonds. The highest BCUT2D eigenvalue weighted by atomic mass is 16.6. The number of hydrogen-bond acceptors (Lipinski definition) is 4. The zero-order valence-electron chi connectivity index (χ0n) is 9.53. The quantitative estimate of drug-likeness (QED) is 0.857. The molecule has 0 aromatic carbocycles. The highest BCUT2D eigenvalue weighted by Crippen LogP contribution is 2.31. The van der Waals surface area contributed by atoms with Gasteiger partial charge in [0.2, 0.25) is 0 Å². The minimum atomic E-state index is -0.439. The van der Waals surface area contributed by atoms with E-state index in [1.807, 2.05) is 6.92 Å². The second-order valence-corrected chi connectivity index (χ2v) is 4.24. The summed E-state index contributed by atoms with van der Waals surface area (Å²) in [4.78, 5) is 11.5. The molecule has 1 saturated carbocycles. The standard InChI is InChI=1S/C11H16N2O3/c1-7-10(6-15-13-7)12-11(14)16-8(2)9-4-3-5-9/h6,8-9H,3-5H2,1-2H3,(H,12,14)/t8-/m1/s1. The first kappa shape index (κ1) is 11.0. The molecular weight excluding hydrogens is 208 g/mol. The van der Waals surface area contributed by atoms with Gasteiger partial charge in [0.25, 0.3) is 0 Å². The van der Waals surface area contributed by atoms with E-state index in [0.717, 1.165) is 12.8 Å². The van der Waals surface area contributed by atoms with Gasteiger partial charge in [-0.2, -0.15) is 0 Å². The lowest BCUT2D eigenvalue weighted by Gasteiger charge is -2.30. The number of anilines is 1. The Morgan fingerprint density at radius 1 is 1.69 bits per heavy atom. The number of aromatic nitrogens is 1. The lowest BCUT2D eigenvalue weighted by Crippen LogP contribution is -2.30. The Bertz CT molecular complexity index is 371. The Kier molecular flexibility index (Phi) is 3.12. The van der Waals surface area contributed by atoms with E-state index in [2.05, 4.69) is 10.5 Å². The monoisotopic (exact) mass is 224 g/mol. The van der Waals surface area contributed by atoms with E-state index in [0.29, 0.717) is 17.3 Å². The molecule has 1 aromatic heterocycles. The number of aryl methyl sites for hydroxylation is 1. The first-order valence-electron chi connectivity index (χ1n) is 5.55. The van der Waals surface area contributed by atoms with Gasteiger partial charge in [0.15, 0.2) is 0 Å². The van der Waals surface area contributed by atoms with Crippen molar-refractivity contribution in [2.45, 2.75) is 39.2 Å². The van der Waals surface area contributed by atoms with Crippen LogP contribution in [0.4, 0.5) is 10.5 Å². The zero-order valence-corrected chi connectivity index (χ0v) is 9.53. The normalized spacial score (nSPS) is 17.6. The predicted octanol–water partition coefficient (Wildman–Crippen LogP) is 2.72. The maximum atomic E-state index is 11.5. The van der Waals surface area contributed by atoms with Crippen LogP contribution in [0.3, 0.4) is 0 Å². The second-order valence-electron chi connectivity index (χ2n) is 4.24. The van der Waals surface area contributed by atoms with Gasteiger partial charge in [-0.3, -0.25) is 5.32 Å². The molecule has 2 rings (SSSR count). The van der Waals surface area contributed by atoms with Gasteiger partial charge in [0.1, 0.15) is 23.7 Å². The molecule has 5 nitrogen and oxygen atoms in total. The second kappa shape index (κ2) is 4.55. The van der Waals surface area contributed by atoms with E-state index in [-0.39, 0.29) is 6.10 Å². The Hall–Kier alpha value is -1.52. The van der Waals surface area contributed by atoms with Crippen molar-refractivity contribution in [2.75, 3.05) is 5.32 Å². The molecule has 5 heteroatoms. The average Bonchev–Trinajstić information content (AvgIpc) is 2.48. The van der Waals surface area contributed by atoms with Gasteiger partial charge in [-0.1, -0.05) is 11.6 Å². The maximum absolute atomic E-state index is 11.5. The van der Waals surface area contributed by atoms with Gasteiger partial charge in [-0.05, 0) is 32.6 Å². The van der Waals surface area contributed by atoms with Crippen LogP contribution in [0.5, 0.6) is 0 Å². The predicted molar refractivity (Wildman–Crippen MR) is 58.1 cm³/mol. The van der Waals surface area contributed by atoms with Crippen LogP contribution < -0.4 is 5.32 Å². The van der Waals surface area contributed by atoms with Crippen molar-refractivity contribution in [2.24, 2.45) is 5.92 Å². The van der Waals surface area contributed by atoms with Crippen LogP contribution in [0.1, 0.15) is 31.9 Å². The summed E-state index contributed by atoms with van der Waals surface area (Å²) in [5.74, 6) is 0.523. The van der Waals surface area contributed by atoms with Crippen LogP contribution >= 0.6 is 0 Å². The summed E-state index contributed by atoms with van der Waals surface area (Å²) in [5, 5.41) is 6.27. The van der Waals surface area contributed by atoms with Crippen LogP contribution in [-0.4, -0.2) is 17.4 Å². The molecule has 0 aliphatic heterocycles. The topological polar surface area (TPSA) is 64.4 Å². The van der Waals surface area contributed by atoms with E-state index in [4.69, 9.17) is 9.26 Å². The van der Waals surface area contributed by atoms with Crippen molar-refractivity contribution in [3.8, 4) is 0 Å². The van der Waals surface area contributed by atoms with Gasteiger partial charge in [0, 0.05) is 0 Å². The molecule has 0 radical (unpaired) electrons. The van der Waals surface area contributed by atoms with E-state index in [1.54, 1.807) is 6.92 Å². The minimum absolute atomic E-state index is 0.0195. The molecule has 0 saturated heterocycles. The molecule has 1 aliphatic rings. The molecular formula is C11H16N2O3. The summed E-state index contributed by atoms with van der Waals surface area (Å²) in [6.07, 6.45) is 4.48. The van der Waals surface area contributed by atoms with E-state index in [1.165, 1.54) is 12.7 Å². The summed E-state index contributed by atoms with van der Waals surface area (Å²) in [6.45, 7) is 3.69. The molecule has 0 spiro atoms. The molecule has 1 fully saturated rings. The molecule has 16 heavy (non-hydrogen) atoms. The van der Waals surface area contributed by atoms with Crippen LogP contribution in [0.25, 0.3) is 0 Å². The SMILES string of the molecule is Cc1nocc1NC(=O)O[C@H](C)C1CCC1. The smallest absolute Gasteiger partial charge is 0.412 e. The Morgan fingerprint density at radius 3 is 2.94 bits per heavy atom. The summed E-state index contributed by atoms with van der Waals surface area (Å²) >= 11 is 0. The van der Waals surface area contributed by atoms with Crippen LogP contribution in [0, 0.1) is 12.8 Å². The van der Waals surface area contributed by atoms with Crippen molar-refractivity contribution in [1.82, 2.24) is 5.16 Å². The molecule has 0 unspecified atom stereocenters. The summed E-state index contributed by atoms with van der Waals surface area (Å²) < 4.78 is 9.97. The Balaban J connectivity index is 1.82. The number of hydrogen-bond donors (Lipinski definition) is 1. The van der Waals surface area contributed by atoms with Gasteiger partial charge < -0.3 is 9.26 Å². The molecule has 1 aromatic rings. The van der Waals surface area contributed by atoms with Gasteiger partial charge in [-0.25, -0.2) is 4.79 Å². The number of amides is 1. The lowest BCUT2D eigenvalue weighted by molar-refractivity contribution is 0.0531. The summed E-state index contributed by atoms with van der Waals surface area (Å²) in [6, 6.07) is 0. The van der Waals surface area contributed by atoms with Crippen LogP contribution in [-0.2, 0) is 4.74 Å². The number of ether oxygens (including phenoxy) is 1. The van der Waals surface area contributed by atoms with Crippen molar-refractivity contribution in [3.05, 3.63) is 12.0 Å². The van der Waals surface area contributed by atoms with Crippen molar-refractivity contribution < 1.29 is 14.1 Å². The number of carbonyl (C=O) groups is 1. The first-order valence-corrected chi connectivity index (χ1v) is 5.55. The van der Waals surface area contributed by atoms with E-state index >= 15 is 0 Å². The molecule has 1 atom stereocenters. The largest absolute Gasteiger partial charge is 0.446 e. The Labute approximate surface area is 94.1 Å². The number of nitrogens with one attached hydrogen (secondary N) is 1. The maximum Gasteiger partial charge on any atom is 0.412 e. The fourth-order valence-electron chi connectivity index (χ4n) is 1.73. The highest BCUT2D eigenvalue weighted by molar-refractivity contribution is 5.84. The van der Waals surface area contributed by atoms with Crippen molar-refractivity contribution >= 4 is 11.8 Å². The van der Waals surface area contributed by atoms with E-state index < -0.39 is 6.09 Å². The van der Waals surface area contributed by atoms with Crippen LogP contribution in [0.15, 0.2) is 10.8 Å². The third-order valence-corrected chi connectivity index (χ3v) is 3.09. The molecule has 1 heterocycles. The summed E-state index contributed by atoms with van der Waals surface area (Å²) in [7, 11) is 0. The van der Waals surface area contributed by atoms with Crippen LogP contribution in [0.2, 0.25) is 0 Å². The van der Waals surface area contributed by atoms with Crippen molar-refractivity contribution in [1.29, 1.82) is 0 Å². The number of rotatable bonds is 3. The number of carbonyl (C=O) groups excluding carboxylic acids is 1. The zero-order chi connectivity index (χ0) is 11.5.